The molecule has 0 amide bonds. The Hall–Kier alpha value is -0.160. The van der Waals surface area contributed by atoms with E-state index in [-0.39, 0.29) is 0 Å². The molecule has 4 nitrogen and oxygen atoms in total. The SMILES string of the molecule is C1CN1N(N1CC1)N1CC1. The molecule has 0 radical (unpaired) electrons. The molecule has 0 unspecified atom stereocenters. The lowest BCUT2D eigenvalue weighted by molar-refractivity contribution is -0.166. The van der Waals surface area contributed by atoms with Crippen molar-refractivity contribution in [3.05, 3.63) is 0 Å². The van der Waals surface area contributed by atoms with Crippen LogP contribution >= 0.6 is 0 Å². The van der Waals surface area contributed by atoms with Crippen molar-refractivity contribution in [1.82, 2.24) is 20.3 Å². The maximum absolute atomic E-state index is 2.38. The summed E-state index contributed by atoms with van der Waals surface area (Å²) in [5, 5.41) is 9.46. The maximum Gasteiger partial charge on any atom is 0.0304 e. The van der Waals surface area contributed by atoms with Gasteiger partial charge < -0.3 is 0 Å². The summed E-state index contributed by atoms with van der Waals surface area (Å²) in [6.45, 7) is 7.54. The van der Waals surface area contributed by atoms with Gasteiger partial charge in [0.1, 0.15) is 0 Å². The smallest absolute Gasteiger partial charge is 0.0304 e. The Kier molecular flexibility index (Phi) is 0.936. The predicted octanol–water partition coefficient (Wildman–Crippen LogP) is -1.02. The molecule has 3 rings (SSSR count). The van der Waals surface area contributed by atoms with E-state index in [1.165, 1.54) is 39.3 Å². The normalized spacial score (nSPS) is 33.3. The van der Waals surface area contributed by atoms with Gasteiger partial charge in [-0.2, -0.15) is 0 Å². The Morgan fingerprint density at radius 3 is 1.10 bits per heavy atom. The molecule has 4 heteroatoms. The lowest BCUT2D eigenvalue weighted by Gasteiger charge is -2.23. The van der Waals surface area contributed by atoms with Crippen LogP contribution in [0.25, 0.3) is 0 Å². The average Bonchev–Trinajstić information content (AvgIpc) is 2.78. The van der Waals surface area contributed by atoms with Crippen molar-refractivity contribution in [2.24, 2.45) is 0 Å². The van der Waals surface area contributed by atoms with Crippen molar-refractivity contribution >= 4 is 0 Å². The first-order chi connectivity index (χ1) is 4.95. The first-order valence-electron chi connectivity index (χ1n) is 4.00. The van der Waals surface area contributed by atoms with Gasteiger partial charge in [0.2, 0.25) is 0 Å². The molecular formula is C6H12N4. The largest absolute Gasteiger partial charge is 0.211 e. The van der Waals surface area contributed by atoms with Crippen LogP contribution in [0, 0.1) is 0 Å². The van der Waals surface area contributed by atoms with Crippen molar-refractivity contribution in [3.8, 4) is 0 Å². The van der Waals surface area contributed by atoms with Crippen molar-refractivity contribution < 1.29 is 0 Å². The van der Waals surface area contributed by atoms with E-state index in [1.807, 2.05) is 0 Å². The van der Waals surface area contributed by atoms with Gasteiger partial charge in [-0.1, -0.05) is 0 Å². The third-order valence-electron chi connectivity index (χ3n) is 2.03. The third-order valence-corrected chi connectivity index (χ3v) is 2.03. The van der Waals surface area contributed by atoms with Crippen LogP contribution in [0.5, 0.6) is 0 Å². The average molecular weight is 140 g/mol. The molecule has 0 aromatic rings. The van der Waals surface area contributed by atoms with Crippen LogP contribution in [-0.4, -0.2) is 59.5 Å². The topological polar surface area (TPSA) is 12.3 Å². The molecule has 0 aromatic carbocycles. The second kappa shape index (κ2) is 1.71. The first-order valence-corrected chi connectivity index (χ1v) is 4.00. The van der Waals surface area contributed by atoms with Gasteiger partial charge in [-0.15, -0.1) is 5.23 Å². The minimum absolute atomic E-state index is 1.26. The highest BCUT2D eigenvalue weighted by Gasteiger charge is 2.43. The minimum atomic E-state index is 1.26. The molecule has 0 aliphatic carbocycles. The zero-order valence-corrected chi connectivity index (χ0v) is 6.03. The van der Waals surface area contributed by atoms with Crippen molar-refractivity contribution in [3.63, 3.8) is 0 Å². The van der Waals surface area contributed by atoms with Gasteiger partial charge in [0.15, 0.2) is 0 Å². The molecule has 3 aliphatic rings. The summed E-state index contributed by atoms with van der Waals surface area (Å²) in [6, 6.07) is 0. The van der Waals surface area contributed by atoms with Gasteiger partial charge in [-0.3, -0.25) is 0 Å². The molecule has 3 heterocycles. The number of nitrogens with zero attached hydrogens (tertiary/aromatic N) is 4. The number of hydrogen-bond donors (Lipinski definition) is 0. The molecule has 0 N–H and O–H groups in total. The fraction of sp³-hybridized carbons (Fsp3) is 1.00. The van der Waals surface area contributed by atoms with Crippen molar-refractivity contribution in [1.29, 1.82) is 0 Å². The van der Waals surface area contributed by atoms with Crippen LogP contribution in [0.15, 0.2) is 0 Å². The minimum Gasteiger partial charge on any atom is -0.211 e. The van der Waals surface area contributed by atoms with Crippen LogP contribution < -0.4 is 0 Å². The standard InChI is InChI=1S/C6H12N4/c1-2-7(1)10(8-3-4-8)9-5-6-9/h1-6H2. The van der Waals surface area contributed by atoms with Gasteiger partial charge in [-0.25, -0.2) is 15.0 Å². The molecular weight excluding hydrogens is 128 g/mol. The fourth-order valence-electron chi connectivity index (χ4n) is 1.21. The molecule has 0 aromatic heterocycles. The second-order valence-corrected chi connectivity index (χ2v) is 3.13. The summed E-state index contributed by atoms with van der Waals surface area (Å²) in [5.41, 5.74) is 0. The molecule has 3 fully saturated rings. The van der Waals surface area contributed by atoms with Crippen molar-refractivity contribution in [2.45, 2.75) is 0 Å². The predicted molar refractivity (Wildman–Crippen MR) is 36.6 cm³/mol. The first kappa shape index (κ1) is 5.49. The number of rotatable bonds is 3. The van der Waals surface area contributed by atoms with E-state index in [0.717, 1.165) is 0 Å². The summed E-state index contributed by atoms with van der Waals surface area (Å²) < 4.78 is 0. The van der Waals surface area contributed by atoms with Crippen LogP contribution in [0.1, 0.15) is 0 Å². The van der Waals surface area contributed by atoms with Crippen LogP contribution in [-0.2, 0) is 0 Å². The van der Waals surface area contributed by atoms with E-state index in [1.54, 1.807) is 0 Å². The van der Waals surface area contributed by atoms with E-state index in [9.17, 15) is 0 Å². The summed E-state index contributed by atoms with van der Waals surface area (Å²) in [5.74, 6) is 0. The van der Waals surface area contributed by atoms with E-state index in [4.69, 9.17) is 0 Å². The van der Waals surface area contributed by atoms with E-state index < -0.39 is 0 Å². The monoisotopic (exact) mass is 140 g/mol. The lowest BCUT2D eigenvalue weighted by Crippen LogP contribution is -2.39. The summed E-state index contributed by atoms with van der Waals surface area (Å²) in [7, 11) is 0. The highest BCUT2D eigenvalue weighted by molar-refractivity contribution is 4.79. The Balaban J connectivity index is 1.69. The second-order valence-electron chi connectivity index (χ2n) is 3.13. The number of hydrogen-bond acceptors (Lipinski definition) is 4. The Bertz CT molecular complexity index is 119. The zero-order valence-electron chi connectivity index (χ0n) is 6.03. The van der Waals surface area contributed by atoms with Crippen LogP contribution in [0.3, 0.4) is 0 Å². The van der Waals surface area contributed by atoms with Crippen molar-refractivity contribution in [2.75, 3.05) is 39.3 Å². The van der Waals surface area contributed by atoms with Crippen LogP contribution in [0.4, 0.5) is 0 Å². The van der Waals surface area contributed by atoms with Crippen LogP contribution in [0.2, 0.25) is 0 Å². The zero-order chi connectivity index (χ0) is 6.55. The molecule has 10 heavy (non-hydrogen) atoms. The highest BCUT2D eigenvalue weighted by Crippen LogP contribution is 2.25. The third kappa shape index (κ3) is 0.845. The lowest BCUT2D eigenvalue weighted by atomic mass is 11.0. The van der Waals surface area contributed by atoms with E-state index >= 15 is 0 Å². The Morgan fingerprint density at radius 2 is 0.900 bits per heavy atom. The van der Waals surface area contributed by atoms with E-state index in [0.29, 0.717) is 0 Å². The fourth-order valence-corrected chi connectivity index (χ4v) is 1.21. The number of hydrazine groups is 3. The van der Waals surface area contributed by atoms with Gasteiger partial charge in [0.25, 0.3) is 0 Å². The molecule has 56 valence electrons. The molecule has 0 bridgehead atoms. The summed E-state index contributed by atoms with van der Waals surface area (Å²) in [6.07, 6.45) is 0. The molecule has 3 saturated heterocycles. The molecule has 3 aliphatic heterocycles. The summed E-state index contributed by atoms with van der Waals surface area (Å²) >= 11 is 0. The van der Waals surface area contributed by atoms with E-state index in [2.05, 4.69) is 20.3 Å². The Labute approximate surface area is 60.5 Å². The molecule has 0 spiro atoms. The molecule has 0 saturated carbocycles. The maximum atomic E-state index is 2.38. The summed E-state index contributed by atoms with van der Waals surface area (Å²) in [4.78, 5) is 0. The Morgan fingerprint density at radius 1 is 0.600 bits per heavy atom. The van der Waals surface area contributed by atoms with Gasteiger partial charge >= 0.3 is 0 Å². The van der Waals surface area contributed by atoms with Gasteiger partial charge in [-0.05, 0) is 0 Å². The quantitative estimate of drug-likeness (QED) is 0.465. The highest BCUT2D eigenvalue weighted by atomic mass is 16.1. The van der Waals surface area contributed by atoms with Gasteiger partial charge in [0, 0.05) is 39.3 Å². The molecule has 0 atom stereocenters. The van der Waals surface area contributed by atoms with Gasteiger partial charge in [0.05, 0.1) is 0 Å².